The average Bonchev–Trinajstić information content (AvgIpc) is 3.40. The number of benzene rings is 1. The van der Waals surface area contributed by atoms with Crippen molar-refractivity contribution in [3.05, 3.63) is 69.9 Å². The molecule has 164 valence electrons. The van der Waals surface area contributed by atoms with Gasteiger partial charge in [0.05, 0.1) is 21.6 Å². The molecule has 0 bridgehead atoms. The normalized spacial score (nSPS) is 11.8. The molecule has 0 spiro atoms. The second kappa shape index (κ2) is 8.93. The van der Waals surface area contributed by atoms with Crippen molar-refractivity contribution in [1.29, 1.82) is 0 Å². The molecule has 0 amide bonds. The van der Waals surface area contributed by atoms with E-state index in [1.54, 1.807) is 4.57 Å². The highest BCUT2D eigenvalue weighted by Crippen LogP contribution is 2.25. The fourth-order valence-electron chi connectivity index (χ4n) is 3.72. The van der Waals surface area contributed by atoms with Crippen LogP contribution in [0.3, 0.4) is 0 Å². The third kappa shape index (κ3) is 3.87. The maximum absolute atomic E-state index is 13.1. The highest BCUT2D eigenvalue weighted by atomic mass is 35.5. The number of para-hydroxylation sites is 1. The number of aromatic nitrogens is 6. The first-order valence-corrected chi connectivity index (χ1v) is 11.7. The van der Waals surface area contributed by atoms with E-state index < -0.39 is 0 Å². The number of fused-ring (bicyclic) bond motifs is 4. The van der Waals surface area contributed by atoms with E-state index in [1.807, 2.05) is 64.5 Å². The largest absolute Gasteiger partial charge is 0.382 e. The van der Waals surface area contributed by atoms with Gasteiger partial charge in [-0.25, -0.2) is 4.98 Å². The van der Waals surface area contributed by atoms with Crippen molar-refractivity contribution in [2.75, 3.05) is 13.2 Å². The third-order valence-electron chi connectivity index (χ3n) is 5.17. The van der Waals surface area contributed by atoms with Gasteiger partial charge >= 0.3 is 0 Å². The van der Waals surface area contributed by atoms with Gasteiger partial charge < -0.3 is 9.14 Å². The highest BCUT2D eigenvalue weighted by Gasteiger charge is 2.17. The molecule has 4 aromatic heterocycles. The summed E-state index contributed by atoms with van der Waals surface area (Å²) in [5, 5.41) is 10.8. The van der Waals surface area contributed by atoms with Crippen LogP contribution >= 0.6 is 23.4 Å². The second-order valence-electron chi connectivity index (χ2n) is 7.28. The summed E-state index contributed by atoms with van der Waals surface area (Å²) in [6.07, 6.45) is 4.51. The summed E-state index contributed by atoms with van der Waals surface area (Å²) in [4.78, 5) is 17.8. The Kier molecular flexibility index (Phi) is 5.86. The molecule has 32 heavy (non-hydrogen) atoms. The molecule has 4 heterocycles. The van der Waals surface area contributed by atoms with Crippen LogP contribution in [-0.2, 0) is 17.0 Å². The van der Waals surface area contributed by atoms with E-state index in [0.29, 0.717) is 46.9 Å². The minimum atomic E-state index is -0.0641. The summed E-state index contributed by atoms with van der Waals surface area (Å²) in [5.41, 5.74) is 2.47. The van der Waals surface area contributed by atoms with Crippen molar-refractivity contribution >= 4 is 45.7 Å². The van der Waals surface area contributed by atoms with Crippen molar-refractivity contribution in [2.24, 2.45) is 0 Å². The zero-order valence-corrected chi connectivity index (χ0v) is 19.0. The number of nitrogens with zero attached hydrogens (tertiary/aromatic N) is 6. The van der Waals surface area contributed by atoms with Gasteiger partial charge in [-0.2, -0.15) is 0 Å². The predicted molar refractivity (Wildman–Crippen MR) is 126 cm³/mol. The molecular weight excluding hydrogens is 448 g/mol. The lowest BCUT2D eigenvalue weighted by atomic mass is 10.2. The molecule has 0 aliphatic heterocycles. The van der Waals surface area contributed by atoms with Crippen LogP contribution in [0.15, 0.2) is 58.7 Å². The zero-order chi connectivity index (χ0) is 22.1. The molecule has 0 N–H and O–H groups in total. The zero-order valence-electron chi connectivity index (χ0n) is 17.4. The van der Waals surface area contributed by atoms with Crippen LogP contribution in [0.5, 0.6) is 0 Å². The van der Waals surface area contributed by atoms with Gasteiger partial charge in [-0.1, -0.05) is 35.5 Å². The van der Waals surface area contributed by atoms with Gasteiger partial charge in [0.2, 0.25) is 5.78 Å². The Morgan fingerprint density at radius 1 is 1.12 bits per heavy atom. The first kappa shape index (κ1) is 21.0. The van der Waals surface area contributed by atoms with Crippen LogP contribution in [0.4, 0.5) is 0 Å². The van der Waals surface area contributed by atoms with Gasteiger partial charge in [-0.3, -0.25) is 13.8 Å². The number of rotatable bonds is 8. The Labute approximate surface area is 192 Å². The molecule has 5 rings (SSSR count). The Hall–Kier alpha value is -2.88. The molecule has 0 unspecified atom stereocenters. The van der Waals surface area contributed by atoms with Gasteiger partial charge in [0.15, 0.2) is 5.16 Å². The number of imidazole rings is 1. The SMILES string of the molecule is CCOCCCn1c(=O)c2ccccc2n2c(SCc3cn4cc(Cl)ccc4n3)nnc12. The molecule has 0 saturated heterocycles. The lowest BCUT2D eigenvalue weighted by Crippen LogP contribution is -2.24. The lowest BCUT2D eigenvalue weighted by molar-refractivity contribution is 0.141. The van der Waals surface area contributed by atoms with Crippen LogP contribution in [0, 0.1) is 0 Å². The van der Waals surface area contributed by atoms with E-state index in [2.05, 4.69) is 15.2 Å². The molecule has 5 aromatic rings. The van der Waals surface area contributed by atoms with Gasteiger partial charge in [0.1, 0.15) is 5.65 Å². The minimum Gasteiger partial charge on any atom is -0.382 e. The van der Waals surface area contributed by atoms with Gasteiger partial charge in [-0.05, 0) is 37.6 Å². The lowest BCUT2D eigenvalue weighted by Gasteiger charge is -2.11. The molecule has 0 atom stereocenters. The maximum Gasteiger partial charge on any atom is 0.262 e. The smallest absolute Gasteiger partial charge is 0.262 e. The molecule has 8 nitrogen and oxygen atoms in total. The first-order chi connectivity index (χ1) is 15.7. The molecule has 0 radical (unpaired) electrons. The molecule has 0 fully saturated rings. The van der Waals surface area contributed by atoms with Crippen molar-refractivity contribution in [2.45, 2.75) is 30.8 Å². The highest BCUT2D eigenvalue weighted by molar-refractivity contribution is 7.98. The monoisotopic (exact) mass is 468 g/mol. The maximum atomic E-state index is 13.1. The minimum absolute atomic E-state index is 0.0641. The summed E-state index contributed by atoms with van der Waals surface area (Å²) in [5.74, 6) is 1.15. The van der Waals surface area contributed by atoms with Crippen LogP contribution < -0.4 is 5.56 Å². The van der Waals surface area contributed by atoms with Crippen molar-refractivity contribution in [3.63, 3.8) is 0 Å². The van der Waals surface area contributed by atoms with E-state index in [-0.39, 0.29) is 5.56 Å². The quantitative estimate of drug-likeness (QED) is 0.252. The molecule has 0 aliphatic rings. The fraction of sp³-hybridized carbons (Fsp3) is 0.273. The molecular formula is C22H21ClN6O2S. The number of hydrogen-bond donors (Lipinski definition) is 0. The Morgan fingerprint density at radius 3 is 2.88 bits per heavy atom. The number of pyridine rings is 1. The number of aryl methyl sites for hydroxylation is 1. The van der Waals surface area contributed by atoms with Crippen molar-refractivity contribution in [3.8, 4) is 0 Å². The Balaban J connectivity index is 1.51. The molecule has 0 saturated carbocycles. The number of ether oxygens (including phenoxy) is 1. The molecule has 1 aromatic carbocycles. The van der Waals surface area contributed by atoms with Gasteiger partial charge in [0.25, 0.3) is 5.56 Å². The molecule has 10 heteroatoms. The average molecular weight is 469 g/mol. The summed E-state index contributed by atoms with van der Waals surface area (Å²) in [6, 6.07) is 11.3. The summed E-state index contributed by atoms with van der Waals surface area (Å²) in [6.45, 7) is 3.72. The fourth-order valence-corrected chi connectivity index (χ4v) is 4.71. The van der Waals surface area contributed by atoms with Gasteiger partial charge in [-0.15, -0.1) is 10.2 Å². The molecule has 0 aliphatic carbocycles. The van der Waals surface area contributed by atoms with E-state index in [1.165, 1.54) is 11.8 Å². The third-order valence-corrected chi connectivity index (χ3v) is 6.35. The topological polar surface area (TPSA) is 78.7 Å². The Bertz CT molecular complexity index is 1470. The predicted octanol–water partition coefficient (Wildman–Crippen LogP) is 4.06. The van der Waals surface area contributed by atoms with E-state index >= 15 is 0 Å². The van der Waals surface area contributed by atoms with Crippen molar-refractivity contribution < 1.29 is 4.74 Å². The Morgan fingerprint density at radius 2 is 2.00 bits per heavy atom. The van der Waals surface area contributed by atoms with E-state index in [9.17, 15) is 4.79 Å². The second-order valence-corrected chi connectivity index (χ2v) is 8.66. The number of halogens is 1. The van der Waals surface area contributed by atoms with Crippen LogP contribution in [0.1, 0.15) is 19.0 Å². The number of thioether (sulfide) groups is 1. The summed E-state index contributed by atoms with van der Waals surface area (Å²) >= 11 is 7.61. The first-order valence-electron chi connectivity index (χ1n) is 10.4. The van der Waals surface area contributed by atoms with E-state index in [4.69, 9.17) is 16.3 Å². The standard InChI is InChI=1S/C22H21ClN6O2S/c1-2-31-11-5-10-28-20(30)17-6-3-4-7-18(17)29-21(28)25-26-22(29)32-14-16-13-27-12-15(23)8-9-19(27)24-16/h3-4,6-9,12-13H,2,5,10-11,14H2,1H3. The van der Waals surface area contributed by atoms with Crippen molar-refractivity contribution in [1.82, 2.24) is 28.5 Å². The number of hydrogen-bond acceptors (Lipinski definition) is 6. The van der Waals surface area contributed by atoms with Crippen LogP contribution in [-0.4, -0.2) is 41.8 Å². The van der Waals surface area contributed by atoms with Gasteiger partial charge in [0, 0.05) is 37.9 Å². The van der Waals surface area contributed by atoms with E-state index in [0.717, 1.165) is 23.3 Å². The summed E-state index contributed by atoms with van der Waals surface area (Å²) in [7, 11) is 0. The van der Waals surface area contributed by atoms with Crippen LogP contribution in [0.25, 0.3) is 22.3 Å². The van der Waals surface area contributed by atoms with Crippen LogP contribution in [0.2, 0.25) is 5.02 Å². The summed E-state index contributed by atoms with van der Waals surface area (Å²) < 4.78 is 11.0.